The zero-order valence-corrected chi connectivity index (χ0v) is 21.5. The summed E-state index contributed by atoms with van der Waals surface area (Å²) in [6.45, 7) is 7.60. The maximum Gasteiger partial charge on any atom is 0.261 e. The van der Waals surface area contributed by atoms with E-state index in [0.29, 0.717) is 47.1 Å². The molecule has 0 radical (unpaired) electrons. The van der Waals surface area contributed by atoms with E-state index in [1.807, 2.05) is 18.2 Å². The fraction of sp³-hybridized carbons (Fsp3) is 0.586. The molecule has 0 saturated carbocycles. The summed E-state index contributed by atoms with van der Waals surface area (Å²) in [6.07, 6.45) is 11.3. The molecule has 0 aliphatic carbocycles. The Morgan fingerprint density at radius 2 is 1.38 bits per heavy atom. The van der Waals surface area contributed by atoms with Crippen LogP contribution in [-0.2, 0) is 0 Å². The van der Waals surface area contributed by atoms with E-state index in [2.05, 4.69) is 20.8 Å². The Morgan fingerprint density at radius 1 is 0.765 bits per heavy atom. The predicted octanol–water partition coefficient (Wildman–Crippen LogP) is 7.40. The average molecular weight is 468 g/mol. The smallest absolute Gasteiger partial charge is 0.261 e. The van der Waals surface area contributed by atoms with Crippen LogP contribution in [0.3, 0.4) is 0 Å². The summed E-state index contributed by atoms with van der Waals surface area (Å²) < 4.78 is 11.8. The molecule has 1 aliphatic heterocycles. The summed E-state index contributed by atoms with van der Waals surface area (Å²) in [5.41, 5.74) is 1.11. The van der Waals surface area contributed by atoms with Gasteiger partial charge in [0.15, 0.2) is 0 Å². The zero-order chi connectivity index (χ0) is 24.5. The average Bonchev–Trinajstić information content (AvgIpc) is 2.86. The molecular weight excluding hydrogens is 426 g/mol. The van der Waals surface area contributed by atoms with Crippen LogP contribution in [0.15, 0.2) is 24.3 Å². The summed E-state index contributed by atoms with van der Waals surface area (Å²) in [5, 5.41) is 1.38. The van der Waals surface area contributed by atoms with E-state index >= 15 is 0 Å². The molecule has 1 aliphatic rings. The highest BCUT2D eigenvalue weighted by Gasteiger charge is 2.35. The van der Waals surface area contributed by atoms with Gasteiger partial charge in [0.1, 0.15) is 11.5 Å². The molecule has 3 rings (SSSR count). The third-order valence-electron chi connectivity index (χ3n) is 6.99. The minimum absolute atomic E-state index is 0.215. The zero-order valence-electron chi connectivity index (χ0n) is 21.5. The van der Waals surface area contributed by atoms with Gasteiger partial charge in [0, 0.05) is 23.1 Å². The summed E-state index contributed by atoms with van der Waals surface area (Å²) in [6, 6.07) is 7.29. The van der Waals surface area contributed by atoms with E-state index in [-0.39, 0.29) is 11.8 Å². The number of carbonyl (C=O) groups excluding carboxylic acids is 2. The maximum atomic E-state index is 13.5. The first-order valence-electron chi connectivity index (χ1n) is 13.2. The molecule has 1 unspecified atom stereocenters. The molecule has 0 spiro atoms. The van der Waals surface area contributed by atoms with Crippen LogP contribution >= 0.6 is 0 Å². The number of nitrogens with zero attached hydrogens (tertiary/aromatic N) is 1. The molecule has 2 aromatic carbocycles. The second-order valence-corrected chi connectivity index (χ2v) is 9.43. The molecule has 1 atom stereocenters. The van der Waals surface area contributed by atoms with E-state index in [1.165, 1.54) is 30.6 Å². The van der Waals surface area contributed by atoms with Crippen molar-refractivity contribution < 1.29 is 19.1 Å². The first-order chi connectivity index (χ1) is 16.6. The normalized spacial score (nSPS) is 14.1. The Morgan fingerprint density at radius 3 is 2.00 bits per heavy atom. The summed E-state index contributed by atoms with van der Waals surface area (Å²) in [7, 11) is 1.61. The second-order valence-electron chi connectivity index (χ2n) is 9.43. The van der Waals surface area contributed by atoms with Gasteiger partial charge in [-0.3, -0.25) is 14.5 Å². The standard InChI is InChI=1S/C29H41NO4/c1-5-8-10-11-12-13-19-34-25-18-16-23-26-22(15-17-24(33-4)27(25)26)28(31)30(29(23)32)20-21(7-3)14-9-6-2/h15-18,21H,5-14,19-20H2,1-4H3. The second kappa shape index (κ2) is 12.8. The number of methoxy groups -OCH3 is 1. The highest BCUT2D eigenvalue weighted by Crippen LogP contribution is 2.41. The molecule has 5 nitrogen and oxygen atoms in total. The van der Waals surface area contributed by atoms with Crippen LogP contribution in [0, 0.1) is 5.92 Å². The van der Waals surface area contributed by atoms with Gasteiger partial charge in [-0.15, -0.1) is 0 Å². The minimum Gasteiger partial charge on any atom is -0.496 e. The van der Waals surface area contributed by atoms with Crippen molar-refractivity contribution in [2.75, 3.05) is 20.3 Å². The first kappa shape index (κ1) is 26.1. The Bertz CT molecular complexity index is 961. The quantitative estimate of drug-likeness (QED) is 0.202. The molecule has 186 valence electrons. The number of ether oxygens (including phenoxy) is 2. The number of carbonyl (C=O) groups is 2. The largest absolute Gasteiger partial charge is 0.496 e. The Labute approximate surface area is 204 Å². The van der Waals surface area contributed by atoms with Crippen LogP contribution < -0.4 is 9.47 Å². The fourth-order valence-corrected chi connectivity index (χ4v) is 4.87. The fourth-order valence-electron chi connectivity index (χ4n) is 4.87. The SMILES string of the molecule is CCCCCCCCOc1ccc2c3c(ccc(OC)c13)C(=O)N(CC(CC)CCCC)C2=O. The number of imide groups is 1. The number of hydrogen-bond acceptors (Lipinski definition) is 4. The van der Waals surface area contributed by atoms with Gasteiger partial charge >= 0.3 is 0 Å². The lowest BCUT2D eigenvalue weighted by molar-refractivity contribution is 0.0580. The van der Waals surface area contributed by atoms with Gasteiger partial charge < -0.3 is 9.47 Å². The number of benzene rings is 2. The lowest BCUT2D eigenvalue weighted by Gasteiger charge is -2.31. The van der Waals surface area contributed by atoms with E-state index in [9.17, 15) is 9.59 Å². The minimum atomic E-state index is -0.215. The van der Waals surface area contributed by atoms with Crippen LogP contribution in [0.4, 0.5) is 0 Å². The predicted molar refractivity (Wildman–Crippen MR) is 138 cm³/mol. The van der Waals surface area contributed by atoms with Crippen LogP contribution in [0.2, 0.25) is 0 Å². The van der Waals surface area contributed by atoms with E-state index < -0.39 is 0 Å². The number of rotatable bonds is 15. The number of amides is 2. The number of hydrogen-bond donors (Lipinski definition) is 0. The highest BCUT2D eigenvalue weighted by molar-refractivity contribution is 6.26. The Balaban J connectivity index is 1.86. The van der Waals surface area contributed by atoms with Crippen molar-refractivity contribution >= 4 is 22.6 Å². The molecule has 2 aromatic rings. The molecule has 0 fully saturated rings. The third kappa shape index (κ3) is 5.73. The van der Waals surface area contributed by atoms with Crippen LogP contribution in [0.5, 0.6) is 11.5 Å². The topological polar surface area (TPSA) is 55.8 Å². The van der Waals surface area contributed by atoms with Gasteiger partial charge in [0.2, 0.25) is 0 Å². The summed E-state index contributed by atoms with van der Waals surface area (Å²) in [4.78, 5) is 28.4. The van der Waals surface area contributed by atoms with Crippen LogP contribution in [0.25, 0.3) is 10.8 Å². The van der Waals surface area contributed by atoms with Gasteiger partial charge in [-0.05, 0) is 43.0 Å². The molecule has 34 heavy (non-hydrogen) atoms. The molecule has 5 heteroatoms. The van der Waals surface area contributed by atoms with Crippen molar-refractivity contribution in [3.05, 3.63) is 35.4 Å². The first-order valence-corrected chi connectivity index (χ1v) is 13.2. The van der Waals surface area contributed by atoms with Crippen LogP contribution in [-0.4, -0.2) is 37.0 Å². The van der Waals surface area contributed by atoms with E-state index in [0.717, 1.165) is 43.9 Å². The van der Waals surface area contributed by atoms with E-state index in [1.54, 1.807) is 13.2 Å². The Kier molecular flexibility index (Phi) is 9.79. The van der Waals surface area contributed by atoms with Gasteiger partial charge in [0.25, 0.3) is 11.8 Å². The van der Waals surface area contributed by atoms with Crippen molar-refractivity contribution in [1.29, 1.82) is 0 Å². The number of unbranched alkanes of at least 4 members (excludes halogenated alkanes) is 6. The van der Waals surface area contributed by atoms with Gasteiger partial charge in [-0.1, -0.05) is 72.1 Å². The lowest BCUT2D eigenvalue weighted by atomic mass is 9.91. The molecule has 0 N–H and O–H groups in total. The van der Waals surface area contributed by atoms with Gasteiger partial charge in [0.05, 0.1) is 19.1 Å². The lowest BCUT2D eigenvalue weighted by Crippen LogP contribution is -2.43. The van der Waals surface area contributed by atoms with E-state index in [4.69, 9.17) is 9.47 Å². The van der Waals surface area contributed by atoms with Crippen molar-refractivity contribution in [1.82, 2.24) is 4.90 Å². The van der Waals surface area contributed by atoms with Crippen LogP contribution in [0.1, 0.15) is 106 Å². The van der Waals surface area contributed by atoms with Crippen molar-refractivity contribution in [3.63, 3.8) is 0 Å². The monoisotopic (exact) mass is 467 g/mol. The van der Waals surface area contributed by atoms with Crippen molar-refractivity contribution in [2.24, 2.45) is 5.92 Å². The molecule has 0 aromatic heterocycles. The third-order valence-corrected chi connectivity index (χ3v) is 6.99. The van der Waals surface area contributed by atoms with Crippen molar-refractivity contribution in [3.8, 4) is 11.5 Å². The van der Waals surface area contributed by atoms with Gasteiger partial charge in [-0.2, -0.15) is 0 Å². The molecule has 0 bridgehead atoms. The summed E-state index contributed by atoms with van der Waals surface area (Å²) >= 11 is 0. The maximum absolute atomic E-state index is 13.5. The molecule has 0 saturated heterocycles. The Hall–Kier alpha value is -2.56. The van der Waals surface area contributed by atoms with Gasteiger partial charge in [-0.25, -0.2) is 0 Å². The molecule has 1 heterocycles. The van der Waals surface area contributed by atoms with Crippen molar-refractivity contribution in [2.45, 2.75) is 85.0 Å². The molecule has 2 amide bonds. The summed E-state index contributed by atoms with van der Waals surface area (Å²) in [5.74, 6) is 1.20. The molecular formula is C29H41NO4. The highest BCUT2D eigenvalue weighted by atomic mass is 16.5.